The third-order valence-electron chi connectivity index (χ3n) is 1.46. The largest absolute Gasteiger partial charge is 0.419 e. The SMILES string of the molecule is CC(=O)Nc1cc(Cl)c(C(F)(F)F)cn1. The number of halogens is 4. The molecule has 0 aliphatic heterocycles. The van der Waals surface area contributed by atoms with Gasteiger partial charge in [-0.2, -0.15) is 13.2 Å². The second-order valence-corrected chi connectivity index (χ2v) is 3.14. The fraction of sp³-hybridized carbons (Fsp3) is 0.250. The average Bonchev–Trinajstić information content (AvgIpc) is 1.99. The molecule has 3 nitrogen and oxygen atoms in total. The first-order valence-electron chi connectivity index (χ1n) is 3.81. The zero-order chi connectivity index (χ0) is 11.6. The van der Waals surface area contributed by atoms with Crippen LogP contribution >= 0.6 is 11.6 Å². The summed E-state index contributed by atoms with van der Waals surface area (Å²) in [5, 5.41) is 1.72. The second kappa shape index (κ2) is 4.06. The molecule has 1 amide bonds. The Labute approximate surface area is 88.3 Å². The van der Waals surface area contributed by atoms with Crippen LogP contribution in [0.1, 0.15) is 12.5 Å². The Kier molecular flexibility index (Phi) is 3.18. The molecule has 7 heteroatoms. The predicted molar refractivity (Wildman–Crippen MR) is 48.6 cm³/mol. The van der Waals surface area contributed by atoms with Gasteiger partial charge in [0.1, 0.15) is 5.82 Å². The molecular formula is C8H6ClF3N2O. The summed E-state index contributed by atoms with van der Waals surface area (Å²) in [7, 11) is 0. The molecule has 15 heavy (non-hydrogen) atoms. The fourth-order valence-electron chi connectivity index (χ4n) is 0.888. The van der Waals surface area contributed by atoms with Gasteiger partial charge in [-0.15, -0.1) is 0 Å². The highest BCUT2D eigenvalue weighted by molar-refractivity contribution is 6.31. The minimum absolute atomic E-state index is 0.0134. The molecule has 0 unspecified atom stereocenters. The molecule has 1 aromatic heterocycles. The van der Waals surface area contributed by atoms with E-state index in [-0.39, 0.29) is 5.82 Å². The number of pyridine rings is 1. The van der Waals surface area contributed by atoms with Crippen molar-refractivity contribution in [3.8, 4) is 0 Å². The first-order chi connectivity index (χ1) is 6.80. The summed E-state index contributed by atoms with van der Waals surface area (Å²) >= 11 is 5.39. The van der Waals surface area contributed by atoms with Gasteiger partial charge in [0.2, 0.25) is 5.91 Å². The lowest BCUT2D eigenvalue weighted by molar-refractivity contribution is -0.137. The van der Waals surface area contributed by atoms with Crippen LogP contribution < -0.4 is 5.32 Å². The molecule has 0 aliphatic rings. The molecule has 82 valence electrons. The van der Waals surface area contributed by atoms with E-state index in [1.165, 1.54) is 6.92 Å². The lowest BCUT2D eigenvalue weighted by Crippen LogP contribution is -2.10. The molecule has 0 bridgehead atoms. The molecule has 1 aromatic rings. The van der Waals surface area contributed by atoms with E-state index in [1.54, 1.807) is 0 Å². The first-order valence-corrected chi connectivity index (χ1v) is 4.19. The minimum atomic E-state index is -4.54. The number of hydrogen-bond acceptors (Lipinski definition) is 2. The van der Waals surface area contributed by atoms with Crippen molar-refractivity contribution in [3.63, 3.8) is 0 Å². The smallest absolute Gasteiger partial charge is 0.311 e. The Hall–Kier alpha value is -1.30. The number of carbonyl (C=O) groups is 1. The summed E-state index contributed by atoms with van der Waals surface area (Å²) in [6.07, 6.45) is -3.97. The van der Waals surface area contributed by atoms with Gasteiger partial charge in [-0.1, -0.05) is 11.6 Å². The number of nitrogens with zero attached hydrogens (tertiary/aromatic N) is 1. The molecule has 1 heterocycles. The average molecular weight is 239 g/mol. The summed E-state index contributed by atoms with van der Waals surface area (Å²) < 4.78 is 36.7. The van der Waals surface area contributed by atoms with Crippen LogP contribution in [0.3, 0.4) is 0 Å². The van der Waals surface area contributed by atoms with Gasteiger partial charge < -0.3 is 5.32 Å². The van der Waals surface area contributed by atoms with Crippen molar-refractivity contribution in [1.29, 1.82) is 0 Å². The van der Waals surface area contributed by atoms with E-state index in [0.717, 1.165) is 6.07 Å². The molecule has 0 aliphatic carbocycles. The van der Waals surface area contributed by atoms with Crippen LogP contribution in [0.4, 0.5) is 19.0 Å². The summed E-state index contributed by atoms with van der Waals surface area (Å²) in [4.78, 5) is 14.0. The van der Waals surface area contributed by atoms with Crippen LogP contribution in [0, 0.1) is 0 Å². The van der Waals surface area contributed by atoms with Gasteiger partial charge in [-0.25, -0.2) is 4.98 Å². The van der Waals surface area contributed by atoms with Gasteiger partial charge in [-0.3, -0.25) is 4.79 Å². The third-order valence-corrected chi connectivity index (χ3v) is 1.78. The molecule has 0 saturated heterocycles. The van der Waals surface area contributed by atoms with E-state index >= 15 is 0 Å². The summed E-state index contributed by atoms with van der Waals surface area (Å²) in [6.45, 7) is 1.22. The first kappa shape index (κ1) is 11.8. The molecule has 0 fully saturated rings. The summed E-state index contributed by atoms with van der Waals surface area (Å²) in [5.41, 5.74) is -1.03. The van der Waals surface area contributed by atoms with Crippen molar-refractivity contribution in [2.75, 3.05) is 5.32 Å². The Morgan fingerprint density at radius 1 is 1.53 bits per heavy atom. The number of rotatable bonds is 1. The number of anilines is 1. The lowest BCUT2D eigenvalue weighted by atomic mass is 10.2. The zero-order valence-corrected chi connectivity index (χ0v) is 8.28. The standard InChI is InChI=1S/C8H6ClF3N2O/c1-4(15)14-7-2-6(9)5(3-13-7)8(10,11)12/h2-3H,1H3,(H,13,14,15). The van der Waals surface area contributed by atoms with Gasteiger partial charge in [0.05, 0.1) is 10.6 Å². The van der Waals surface area contributed by atoms with Crippen molar-refractivity contribution >= 4 is 23.3 Å². The molecule has 0 radical (unpaired) electrons. The quantitative estimate of drug-likeness (QED) is 0.817. The van der Waals surface area contributed by atoms with Crippen molar-refractivity contribution in [1.82, 2.24) is 4.98 Å². The minimum Gasteiger partial charge on any atom is -0.311 e. The summed E-state index contributed by atoms with van der Waals surface area (Å²) in [5.74, 6) is -0.446. The molecular weight excluding hydrogens is 233 g/mol. The Morgan fingerprint density at radius 3 is 2.53 bits per heavy atom. The lowest BCUT2D eigenvalue weighted by Gasteiger charge is -2.09. The number of aromatic nitrogens is 1. The van der Waals surface area contributed by atoms with Crippen molar-refractivity contribution in [2.24, 2.45) is 0 Å². The zero-order valence-electron chi connectivity index (χ0n) is 7.52. The number of nitrogens with one attached hydrogen (secondary N) is 1. The van der Waals surface area contributed by atoms with Crippen LogP contribution in [0.5, 0.6) is 0 Å². The Morgan fingerprint density at radius 2 is 2.13 bits per heavy atom. The topological polar surface area (TPSA) is 42.0 Å². The van der Waals surface area contributed by atoms with Crippen LogP contribution in [0.2, 0.25) is 5.02 Å². The molecule has 1 N–H and O–H groups in total. The highest BCUT2D eigenvalue weighted by Crippen LogP contribution is 2.34. The third kappa shape index (κ3) is 3.09. The maximum Gasteiger partial charge on any atom is 0.419 e. The predicted octanol–water partition coefficient (Wildman–Crippen LogP) is 2.71. The van der Waals surface area contributed by atoms with Gasteiger partial charge in [-0.05, 0) is 0 Å². The van der Waals surface area contributed by atoms with E-state index in [4.69, 9.17) is 11.6 Å². The Bertz CT molecular complexity index is 392. The number of hydrogen-bond donors (Lipinski definition) is 1. The van der Waals surface area contributed by atoms with E-state index in [0.29, 0.717) is 6.20 Å². The van der Waals surface area contributed by atoms with E-state index < -0.39 is 22.7 Å². The fourth-order valence-corrected chi connectivity index (χ4v) is 1.15. The normalized spacial score (nSPS) is 11.3. The molecule has 1 rings (SSSR count). The maximum atomic E-state index is 12.2. The summed E-state index contributed by atoms with van der Waals surface area (Å²) in [6, 6.07) is 0.950. The molecule has 0 saturated carbocycles. The van der Waals surface area contributed by atoms with Crippen molar-refractivity contribution in [3.05, 3.63) is 22.8 Å². The van der Waals surface area contributed by atoms with E-state index in [2.05, 4.69) is 10.3 Å². The molecule has 0 atom stereocenters. The highest BCUT2D eigenvalue weighted by Gasteiger charge is 2.33. The van der Waals surface area contributed by atoms with E-state index in [1.807, 2.05) is 0 Å². The highest BCUT2D eigenvalue weighted by atomic mass is 35.5. The van der Waals surface area contributed by atoms with Crippen LogP contribution in [-0.4, -0.2) is 10.9 Å². The monoisotopic (exact) mass is 238 g/mol. The number of carbonyl (C=O) groups excluding carboxylic acids is 1. The number of amides is 1. The van der Waals surface area contributed by atoms with Crippen LogP contribution in [0.15, 0.2) is 12.3 Å². The van der Waals surface area contributed by atoms with Crippen molar-refractivity contribution < 1.29 is 18.0 Å². The van der Waals surface area contributed by atoms with Gasteiger partial charge in [0, 0.05) is 19.2 Å². The van der Waals surface area contributed by atoms with Crippen molar-refractivity contribution in [2.45, 2.75) is 13.1 Å². The van der Waals surface area contributed by atoms with Gasteiger partial charge in [0.25, 0.3) is 0 Å². The second-order valence-electron chi connectivity index (χ2n) is 2.73. The van der Waals surface area contributed by atoms with Crippen LogP contribution in [0.25, 0.3) is 0 Å². The van der Waals surface area contributed by atoms with Gasteiger partial charge in [0.15, 0.2) is 0 Å². The number of alkyl halides is 3. The van der Waals surface area contributed by atoms with E-state index in [9.17, 15) is 18.0 Å². The molecule has 0 aromatic carbocycles. The molecule has 0 spiro atoms. The Balaban J connectivity index is 3.04. The van der Waals surface area contributed by atoms with Gasteiger partial charge >= 0.3 is 6.18 Å². The maximum absolute atomic E-state index is 12.2. The van der Waals surface area contributed by atoms with Crippen LogP contribution in [-0.2, 0) is 11.0 Å².